The fourth-order valence-corrected chi connectivity index (χ4v) is 2.70. The quantitative estimate of drug-likeness (QED) is 0.150. The zero-order valence-corrected chi connectivity index (χ0v) is 16.5. The number of unbranched alkanes of at least 4 members (excludes halogenated alkanes) is 2. The van der Waals surface area contributed by atoms with E-state index in [1.54, 1.807) is 0 Å². The zero-order chi connectivity index (χ0) is 23.6. The van der Waals surface area contributed by atoms with Gasteiger partial charge in [0.1, 0.15) is 12.3 Å². The third-order valence-electron chi connectivity index (χ3n) is 4.41. The Morgan fingerprint density at radius 3 is 1.10 bits per heavy atom. The maximum Gasteiger partial charge on any atom is 0.168 e. The van der Waals surface area contributed by atoms with Gasteiger partial charge in [-0.25, -0.2) is 48.3 Å². The molecule has 11 atom stereocenters. The van der Waals surface area contributed by atoms with Gasteiger partial charge < -0.3 is 0 Å². The highest BCUT2D eigenvalue weighted by Crippen LogP contribution is 2.31. The van der Waals surface area contributed by atoms with Crippen LogP contribution in [-0.2, 0) is 0 Å². The van der Waals surface area contributed by atoms with Gasteiger partial charge in [0.25, 0.3) is 0 Å². The Balaban J connectivity index is 4.90. The van der Waals surface area contributed by atoms with E-state index in [1.807, 2.05) is 0 Å². The van der Waals surface area contributed by atoms with Crippen molar-refractivity contribution in [1.29, 1.82) is 0 Å². The number of alkyl halides is 12. The van der Waals surface area contributed by atoms with Crippen LogP contribution in [0.5, 0.6) is 0 Å². The molecule has 0 bridgehead atoms. The average molecular weight is 488 g/mol. The lowest BCUT2D eigenvalue weighted by Crippen LogP contribution is -2.49. The second-order valence-electron chi connectivity index (χ2n) is 6.75. The van der Waals surface area contributed by atoms with Crippen LogP contribution in [0.25, 0.3) is 0 Å². The van der Waals surface area contributed by atoms with Gasteiger partial charge in [-0.15, -0.1) is 0 Å². The summed E-state index contributed by atoms with van der Waals surface area (Å²) >= 11 is 3.25. The van der Waals surface area contributed by atoms with Gasteiger partial charge in [0.2, 0.25) is 0 Å². The zero-order valence-electron chi connectivity index (χ0n) is 15.6. The van der Waals surface area contributed by atoms with Crippen molar-refractivity contribution in [2.75, 3.05) is 12.4 Å². The number of rotatable bonds is 16. The molecule has 0 N–H and O–H groups in total. The Morgan fingerprint density at radius 1 is 0.433 bits per heavy atom. The van der Waals surface area contributed by atoms with Gasteiger partial charge in [-0.2, -0.15) is 12.6 Å². The van der Waals surface area contributed by atoms with Gasteiger partial charge in [0.15, 0.2) is 55.5 Å². The molecular weight excluding hydrogens is 464 g/mol. The van der Waals surface area contributed by atoms with E-state index in [0.29, 0.717) is 0 Å². The van der Waals surface area contributed by atoms with Crippen molar-refractivity contribution in [2.45, 2.75) is 93.6 Å². The molecule has 0 aromatic heterocycles. The van der Waals surface area contributed by atoms with Gasteiger partial charge >= 0.3 is 0 Å². The number of hydrogen-bond donors (Lipinski definition) is 1. The van der Waals surface area contributed by atoms with Crippen molar-refractivity contribution >= 4 is 12.6 Å². The van der Waals surface area contributed by atoms with Crippen LogP contribution in [0, 0.1) is 0 Å². The number of hydrogen-bond acceptors (Lipinski definition) is 1. The van der Waals surface area contributed by atoms with E-state index in [0.717, 1.165) is 0 Å². The Kier molecular flexibility index (Phi) is 14.3. The SMILES string of the molecule is FCCCCCC(F)C(F)C(F)C(F)C(F)C(F)C(F)C(F)C(F)C(F)C(F)CS. The van der Waals surface area contributed by atoms with E-state index in [9.17, 15) is 52.7 Å². The van der Waals surface area contributed by atoms with Crippen molar-refractivity contribution < 1.29 is 52.7 Å². The van der Waals surface area contributed by atoms with Gasteiger partial charge in [0, 0.05) is 5.75 Å². The molecule has 0 spiro atoms. The fourth-order valence-electron chi connectivity index (χ4n) is 2.50. The summed E-state index contributed by atoms with van der Waals surface area (Å²) in [6.45, 7) is -0.737. The first-order valence-corrected chi connectivity index (χ1v) is 9.77. The van der Waals surface area contributed by atoms with Crippen LogP contribution < -0.4 is 0 Å². The molecule has 13 heteroatoms. The molecule has 0 aliphatic rings. The molecule has 0 amide bonds. The molecular formula is C17H24F12S. The molecule has 0 heterocycles. The molecule has 0 fully saturated rings. The number of thiol groups is 1. The minimum atomic E-state index is -3.91. The molecule has 0 aliphatic carbocycles. The van der Waals surface area contributed by atoms with Crippen LogP contribution in [0.4, 0.5) is 52.7 Å². The Morgan fingerprint density at radius 2 is 0.767 bits per heavy atom. The standard InChI is InChI=1S/C17H24F12S/c18-5-3-1-2-4-7(19)9(21)11(23)13(25)15(27)17(29)16(28)14(26)12(24)10(22)8(20)6-30/h7-17,30H,1-6H2. The predicted molar refractivity (Wildman–Crippen MR) is 92.2 cm³/mol. The molecule has 0 saturated carbocycles. The maximum atomic E-state index is 13.7. The molecule has 0 nitrogen and oxygen atoms in total. The van der Waals surface area contributed by atoms with Crippen LogP contribution in [0.1, 0.15) is 25.7 Å². The summed E-state index contributed by atoms with van der Waals surface area (Å²) in [7, 11) is 0. The van der Waals surface area contributed by atoms with E-state index in [-0.39, 0.29) is 19.3 Å². The Bertz CT molecular complexity index is 447. The molecule has 0 saturated heterocycles. The summed E-state index contributed by atoms with van der Waals surface area (Å²) in [5.74, 6) is -0.942. The molecule has 182 valence electrons. The monoisotopic (exact) mass is 488 g/mol. The first-order valence-electron chi connectivity index (χ1n) is 9.13. The molecule has 0 aliphatic heterocycles. The number of halogens is 12. The lowest BCUT2D eigenvalue weighted by atomic mass is 9.94. The fraction of sp³-hybridized carbons (Fsp3) is 1.00. The maximum absolute atomic E-state index is 13.7. The van der Waals surface area contributed by atoms with Crippen LogP contribution in [0.15, 0.2) is 0 Å². The van der Waals surface area contributed by atoms with E-state index < -0.39 is 86.7 Å². The Labute approximate surface area is 172 Å². The summed E-state index contributed by atoms with van der Waals surface area (Å²) in [5, 5.41) is 0. The average Bonchev–Trinajstić information content (AvgIpc) is 2.76. The van der Waals surface area contributed by atoms with Crippen molar-refractivity contribution in [3.8, 4) is 0 Å². The second kappa shape index (κ2) is 14.5. The van der Waals surface area contributed by atoms with Crippen molar-refractivity contribution in [3.05, 3.63) is 0 Å². The second-order valence-corrected chi connectivity index (χ2v) is 7.12. The summed E-state index contributed by atoms with van der Waals surface area (Å²) in [6.07, 6.45) is -39.1. The van der Waals surface area contributed by atoms with Crippen LogP contribution in [0.2, 0.25) is 0 Å². The van der Waals surface area contributed by atoms with E-state index in [2.05, 4.69) is 12.6 Å². The minimum absolute atomic E-state index is 0.0132. The largest absolute Gasteiger partial charge is 0.251 e. The topological polar surface area (TPSA) is 0 Å². The molecule has 11 unspecified atom stereocenters. The summed E-state index contributed by atoms with van der Waals surface area (Å²) in [6, 6.07) is 0. The lowest BCUT2D eigenvalue weighted by Gasteiger charge is -2.28. The lowest BCUT2D eigenvalue weighted by molar-refractivity contribution is -0.0651. The summed E-state index contributed by atoms with van der Waals surface area (Å²) in [5.41, 5.74) is 0. The molecule has 0 aromatic carbocycles. The summed E-state index contributed by atoms with van der Waals surface area (Å²) in [4.78, 5) is 0. The highest BCUT2D eigenvalue weighted by molar-refractivity contribution is 7.80. The summed E-state index contributed by atoms with van der Waals surface area (Å²) < 4.78 is 160. The smallest absolute Gasteiger partial charge is 0.168 e. The van der Waals surface area contributed by atoms with Gasteiger partial charge in [-0.1, -0.05) is 12.8 Å². The van der Waals surface area contributed by atoms with Gasteiger partial charge in [-0.05, 0) is 12.8 Å². The minimum Gasteiger partial charge on any atom is -0.251 e. The molecule has 0 aromatic rings. The van der Waals surface area contributed by atoms with Gasteiger partial charge in [0.05, 0.1) is 6.67 Å². The van der Waals surface area contributed by atoms with Gasteiger partial charge in [-0.3, -0.25) is 4.39 Å². The third kappa shape index (κ3) is 8.57. The molecule has 30 heavy (non-hydrogen) atoms. The van der Waals surface area contributed by atoms with E-state index in [1.165, 1.54) is 0 Å². The normalized spacial score (nSPS) is 23.5. The van der Waals surface area contributed by atoms with Crippen molar-refractivity contribution in [3.63, 3.8) is 0 Å². The first-order chi connectivity index (χ1) is 13.9. The third-order valence-corrected chi connectivity index (χ3v) is 4.76. The molecule has 0 radical (unpaired) electrons. The highest BCUT2D eigenvalue weighted by atomic mass is 32.1. The van der Waals surface area contributed by atoms with Crippen molar-refractivity contribution in [2.24, 2.45) is 0 Å². The van der Waals surface area contributed by atoms with Crippen LogP contribution in [-0.4, -0.2) is 80.3 Å². The first kappa shape index (κ1) is 29.5. The van der Waals surface area contributed by atoms with Crippen LogP contribution in [0.3, 0.4) is 0 Å². The van der Waals surface area contributed by atoms with Crippen LogP contribution >= 0.6 is 12.6 Å². The highest BCUT2D eigenvalue weighted by Gasteiger charge is 2.50. The van der Waals surface area contributed by atoms with Crippen molar-refractivity contribution in [1.82, 2.24) is 0 Å². The van der Waals surface area contributed by atoms with E-state index in [4.69, 9.17) is 0 Å². The molecule has 0 rings (SSSR count). The van der Waals surface area contributed by atoms with E-state index >= 15 is 0 Å². The Hall–Kier alpha value is -0.490. The predicted octanol–water partition coefficient (Wildman–Crippen LogP) is 6.17.